The van der Waals surface area contributed by atoms with Gasteiger partial charge in [-0.15, -0.1) is 0 Å². The number of hydrogen-bond acceptors (Lipinski definition) is 4. The van der Waals surface area contributed by atoms with Gasteiger partial charge < -0.3 is 15.4 Å². The molecule has 94 valence electrons. The molecule has 0 aromatic heterocycles. The fourth-order valence-corrected chi connectivity index (χ4v) is 1.65. The van der Waals surface area contributed by atoms with Crippen molar-refractivity contribution in [1.82, 2.24) is 5.32 Å². The first-order valence-electron chi connectivity index (χ1n) is 5.85. The second kappa shape index (κ2) is 5.41. The lowest BCUT2D eigenvalue weighted by Crippen LogP contribution is -2.31. The topological polar surface area (TPSA) is 74.1 Å². The minimum absolute atomic E-state index is 0.0627. The summed E-state index contributed by atoms with van der Waals surface area (Å²) in [5.74, 6) is 0.501. The van der Waals surface area contributed by atoms with Gasteiger partial charge in [-0.05, 0) is 25.0 Å². The molecular weight excluding hydrogens is 230 g/mol. The Hall–Kier alpha value is -2.22. The zero-order chi connectivity index (χ0) is 13.0. The van der Waals surface area contributed by atoms with E-state index in [1.165, 1.54) is 7.11 Å². The van der Waals surface area contributed by atoms with Crippen LogP contribution < -0.4 is 15.4 Å². The van der Waals surface area contributed by atoms with Crippen LogP contribution in [0.3, 0.4) is 0 Å². The molecule has 1 amide bonds. The average molecular weight is 245 g/mol. The summed E-state index contributed by atoms with van der Waals surface area (Å²) in [4.78, 5) is 11.6. The number of rotatable bonds is 5. The highest BCUT2D eigenvalue weighted by molar-refractivity contribution is 5.82. The molecule has 0 atom stereocenters. The molecule has 2 rings (SSSR count). The Morgan fingerprint density at radius 2 is 2.33 bits per heavy atom. The summed E-state index contributed by atoms with van der Waals surface area (Å²) in [5.41, 5.74) is 1.03. The predicted octanol–water partition coefficient (Wildman–Crippen LogP) is 1.26. The molecule has 1 aromatic rings. The summed E-state index contributed by atoms with van der Waals surface area (Å²) >= 11 is 0. The molecular formula is C13H15N3O2. The van der Waals surface area contributed by atoms with Crippen LogP contribution >= 0.6 is 0 Å². The van der Waals surface area contributed by atoms with E-state index in [2.05, 4.69) is 16.7 Å². The maximum Gasteiger partial charge on any atom is 0.239 e. The fourth-order valence-electron chi connectivity index (χ4n) is 1.65. The van der Waals surface area contributed by atoms with Gasteiger partial charge in [0.15, 0.2) is 0 Å². The molecule has 1 aliphatic rings. The molecule has 1 fully saturated rings. The van der Waals surface area contributed by atoms with Crippen molar-refractivity contribution in [3.05, 3.63) is 23.8 Å². The van der Waals surface area contributed by atoms with Crippen LogP contribution in [0, 0.1) is 11.3 Å². The number of methoxy groups -OCH3 is 1. The molecule has 1 saturated carbocycles. The second-order valence-corrected chi connectivity index (χ2v) is 4.19. The lowest BCUT2D eigenvalue weighted by atomic mass is 10.2. The highest BCUT2D eigenvalue weighted by Gasteiger charge is 2.23. The number of carbonyl (C=O) groups is 1. The molecule has 1 aliphatic carbocycles. The van der Waals surface area contributed by atoms with Gasteiger partial charge in [-0.2, -0.15) is 5.26 Å². The van der Waals surface area contributed by atoms with E-state index in [0.717, 1.165) is 12.8 Å². The van der Waals surface area contributed by atoms with E-state index in [1.54, 1.807) is 18.2 Å². The Kier molecular flexibility index (Phi) is 3.68. The van der Waals surface area contributed by atoms with Crippen molar-refractivity contribution in [3.8, 4) is 11.8 Å². The third-order valence-electron chi connectivity index (χ3n) is 2.73. The van der Waals surface area contributed by atoms with Crippen LogP contribution in [-0.4, -0.2) is 25.6 Å². The molecule has 0 heterocycles. The molecule has 0 radical (unpaired) electrons. The first-order chi connectivity index (χ1) is 8.74. The van der Waals surface area contributed by atoms with E-state index in [4.69, 9.17) is 10.00 Å². The van der Waals surface area contributed by atoms with E-state index < -0.39 is 0 Å². The van der Waals surface area contributed by atoms with Crippen molar-refractivity contribution >= 4 is 11.6 Å². The van der Waals surface area contributed by atoms with E-state index in [9.17, 15) is 4.79 Å². The first kappa shape index (κ1) is 12.2. The van der Waals surface area contributed by atoms with Crippen LogP contribution in [0.4, 0.5) is 5.69 Å². The van der Waals surface area contributed by atoms with Crippen molar-refractivity contribution in [2.75, 3.05) is 19.0 Å². The third-order valence-corrected chi connectivity index (χ3v) is 2.73. The van der Waals surface area contributed by atoms with Gasteiger partial charge in [0.25, 0.3) is 0 Å². The molecule has 0 bridgehead atoms. The fraction of sp³-hybridized carbons (Fsp3) is 0.385. The number of nitrogens with one attached hydrogen (secondary N) is 2. The summed E-state index contributed by atoms with van der Waals surface area (Å²) in [6.07, 6.45) is 2.12. The van der Waals surface area contributed by atoms with Gasteiger partial charge in [-0.3, -0.25) is 4.79 Å². The normalized spacial score (nSPS) is 13.6. The maximum atomic E-state index is 11.6. The molecule has 2 N–H and O–H groups in total. The van der Waals surface area contributed by atoms with Crippen LogP contribution in [0.2, 0.25) is 0 Å². The summed E-state index contributed by atoms with van der Waals surface area (Å²) < 4.78 is 5.17. The smallest absolute Gasteiger partial charge is 0.239 e. The number of carbonyl (C=O) groups excluding carboxylic acids is 1. The number of benzene rings is 1. The summed E-state index contributed by atoms with van der Waals surface area (Å²) in [6.45, 7) is 0.144. The van der Waals surface area contributed by atoms with Gasteiger partial charge >= 0.3 is 0 Å². The number of nitriles is 1. The maximum absolute atomic E-state index is 11.6. The first-order valence-corrected chi connectivity index (χ1v) is 5.85. The number of anilines is 1. The van der Waals surface area contributed by atoms with Gasteiger partial charge in [0, 0.05) is 6.04 Å². The number of ether oxygens (including phenoxy) is 1. The number of hydrogen-bond donors (Lipinski definition) is 2. The molecule has 5 heteroatoms. The number of para-hydroxylation sites is 1. The minimum Gasteiger partial charge on any atom is -0.495 e. The zero-order valence-electron chi connectivity index (χ0n) is 10.2. The van der Waals surface area contributed by atoms with Gasteiger partial charge in [-0.1, -0.05) is 6.07 Å². The van der Waals surface area contributed by atoms with E-state index in [-0.39, 0.29) is 12.5 Å². The predicted molar refractivity (Wildman–Crippen MR) is 67.4 cm³/mol. The monoisotopic (exact) mass is 245 g/mol. The Balaban J connectivity index is 2.02. The lowest BCUT2D eigenvalue weighted by molar-refractivity contribution is -0.119. The largest absolute Gasteiger partial charge is 0.495 e. The molecule has 0 unspecified atom stereocenters. The Bertz CT molecular complexity index is 489. The van der Waals surface area contributed by atoms with Crippen molar-refractivity contribution < 1.29 is 9.53 Å². The zero-order valence-corrected chi connectivity index (χ0v) is 10.2. The molecule has 0 aliphatic heterocycles. The molecule has 0 saturated heterocycles. The van der Waals surface area contributed by atoms with Crippen molar-refractivity contribution in [3.63, 3.8) is 0 Å². The lowest BCUT2D eigenvalue weighted by Gasteiger charge is -2.12. The standard InChI is InChI=1S/C13H15N3O2/c1-18-11-4-2-3-9(7-14)13(11)15-8-12(17)16-10-5-6-10/h2-4,10,15H,5-6,8H2,1H3,(H,16,17). The summed E-state index contributed by atoms with van der Waals surface area (Å²) in [6, 6.07) is 7.59. The van der Waals surface area contributed by atoms with Crippen LogP contribution in [0.1, 0.15) is 18.4 Å². The Morgan fingerprint density at radius 3 is 2.94 bits per heavy atom. The quantitative estimate of drug-likeness (QED) is 0.819. The number of amides is 1. The van der Waals surface area contributed by atoms with Gasteiger partial charge in [0.1, 0.15) is 11.8 Å². The van der Waals surface area contributed by atoms with Crippen LogP contribution in [-0.2, 0) is 4.79 Å². The van der Waals surface area contributed by atoms with Gasteiger partial charge in [0.05, 0.1) is 24.9 Å². The molecule has 5 nitrogen and oxygen atoms in total. The Morgan fingerprint density at radius 1 is 1.56 bits per heavy atom. The van der Waals surface area contributed by atoms with Crippen LogP contribution in [0.25, 0.3) is 0 Å². The highest BCUT2D eigenvalue weighted by atomic mass is 16.5. The highest BCUT2D eigenvalue weighted by Crippen LogP contribution is 2.27. The summed E-state index contributed by atoms with van der Waals surface area (Å²) in [7, 11) is 1.53. The second-order valence-electron chi connectivity index (χ2n) is 4.19. The van der Waals surface area contributed by atoms with Crippen molar-refractivity contribution in [1.29, 1.82) is 5.26 Å². The van der Waals surface area contributed by atoms with Crippen molar-refractivity contribution in [2.45, 2.75) is 18.9 Å². The molecule has 1 aromatic carbocycles. The SMILES string of the molecule is COc1cccc(C#N)c1NCC(=O)NC1CC1. The van der Waals surface area contributed by atoms with Crippen LogP contribution in [0.5, 0.6) is 5.75 Å². The van der Waals surface area contributed by atoms with E-state index in [1.807, 2.05) is 0 Å². The van der Waals surface area contributed by atoms with E-state index >= 15 is 0 Å². The molecule has 0 spiro atoms. The van der Waals surface area contributed by atoms with Gasteiger partial charge in [-0.25, -0.2) is 0 Å². The minimum atomic E-state index is -0.0627. The molecule has 18 heavy (non-hydrogen) atoms. The number of nitrogens with zero attached hydrogens (tertiary/aromatic N) is 1. The Labute approximate surface area is 106 Å². The van der Waals surface area contributed by atoms with E-state index in [0.29, 0.717) is 23.0 Å². The van der Waals surface area contributed by atoms with Crippen molar-refractivity contribution in [2.24, 2.45) is 0 Å². The average Bonchev–Trinajstić information content (AvgIpc) is 3.19. The summed E-state index contributed by atoms with van der Waals surface area (Å²) in [5, 5.41) is 14.8. The third kappa shape index (κ3) is 2.92. The van der Waals surface area contributed by atoms with Gasteiger partial charge in [0.2, 0.25) is 5.91 Å². The van der Waals surface area contributed by atoms with Crippen LogP contribution in [0.15, 0.2) is 18.2 Å².